The van der Waals surface area contributed by atoms with Gasteiger partial charge in [-0.3, -0.25) is 14.3 Å². The smallest absolute Gasteiger partial charge is 0.313 e. The van der Waals surface area contributed by atoms with Crippen molar-refractivity contribution in [3.63, 3.8) is 0 Å². The number of amides is 1. The number of aromatic nitrogens is 2. The average molecular weight is 305 g/mol. The predicted molar refractivity (Wildman–Crippen MR) is 81.4 cm³/mol. The number of para-hydroxylation sites is 1. The number of hydrogen-bond donors (Lipinski definition) is 2. The van der Waals surface area contributed by atoms with Crippen molar-refractivity contribution in [1.82, 2.24) is 9.78 Å². The van der Waals surface area contributed by atoms with Crippen molar-refractivity contribution in [3.8, 4) is 0 Å². The number of benzene rings is 1. The highest BCUT2D eigenvalue weighted by Gasteiger charge is 2.08. The predicted octanol–water partition coefficient (Wildman–Crippen LogP) is 1.69. The van der Waals surface area contributed by atoms with Gasteiger partial charge in [-0.25, -0.2) is 0 Å². The van der Waals surface area contributed by atoms with E-state index < -0.39 is 5.97 Å². The van der Waals surface area contributed by atoms with Gasteiger partial charge in [0.05, 0.1) is 18.1 Å². The third kappa shape index (κ3) is 4.96. The molecule has 0 fully saturated rings. The number of anilines is 1. The number of aliphatic carboxylic acids is 1. The molecule has 0 saturated carbocycles. The molecule has 21 heavy (non-hydrogen) atoms. The van der Waals surface area contributed by atoms with E-state index in [1.165, 1.54) is 0 Å². The molecule has 0 aliphatic heterocycles. The highest BCUT2D eigenvalue weighted by Crippen LogP contribution is 2.16. The summed E-state index contributed by atoms with van der Waals surface area (Å²) in [5.41, 5.74) is 1.66. The molecule has 1 amide bonds. The Hall–Kier alpha value is -2.28. The van der Waals surface area contributed by atoms with E-state index >= 15 is 0 Å². The van der Waals surface area contributed by atoms with E-state index in [9.17, 15) is 9.59 Å². The van der Waals surface area contributed by atoms with Crippen LogP contribution in [0.15, 0.2) is 42.7 Å². The van der Waals surface area contributed by atoms with Crippen LogP contribution in [0.4, 0.5) is 5.69 Å². The first-order valence-corrected chi connectivity index (χ1v) is 7.45. The highest BCUT2D eigenvalue weighted by molar-refractivity contribution is 8.00. The van der Waals surface area contributed by atoms with Crippen molar-refractivity contribution in [2.45, 2.75) is 6.54 Å². The molecule has 6 nitrogen and oxygen atoms in total. The topological polar surface area (TPSA) is 84.2 Å². The fourth-order valence-corrected chi connectivity index (χ4v) is 2.30. The van der Waals surface area contributed by atoms with Crippen LogP contribution in [-0.2, 0) is 16.1 Å². The Bertz CT molecular complexity index is 614. The summed E-state index contributed by atoms with van der Waals surface area (Å²) >= 11 is 1.07. The summed E-state index contributed by atoms with van der Waals surface area (Å²) in [5.74, 6) is -1.11. The van der Waals surface area contributed by atoms with Crippen LogP contribution in [0.5, 0.6) is 0 Å². The first kappa shape index (κ1) is 15.1. The average Bonchev–Trinajstić information content (AvgIpc) is 2.93. The summed E-state index contributed by atoms with van der Waals surface area (Å²) in [7, 11) is 0. The van der Waals surface area contributed by atoms with E-state index in [1.54, 1.807) is 10.9 Å². The van der Waals surface area contributed by atoms with Gasteiger partial charge < -0.3 is 10.4 Å². The lowest BCUT2D eigenvalue weighted by atomic mass is 10.2. The molecule has 0 bridgehead atoms. The summed E-state index contributed by atoms with van der Waals surface area (Å²) in [4.78, 5) is 22.2. The van der Waals surface area contributed by atoms with Gasteiger partial charge in [0, 0.05) is 18.1 Å². The van der Waals surface area contributed by atoms with Crippen molar-refractivity contribution in [2.75, 3.05) is 16.8 Å². The van der Waals surface area contributed by atoms with Crippen molar-refractivity contribution in [3.05, 3.63) is 48.3 Å². The lowest BCUT2D eigenvalue weighted by Crippen LogP contribution is -2.17. The van der Waals surface area contributed by atoms with Crippen molar-refractivity contribution in [1.29, 1.82) is 0 Å². The van der Waals surface area contributed by atoms with Crippen LogP contribution >= 0.6 is 11.8 Å². The minimum atomic E-state index is -0.924. The second kappa shape index (κ2) is 7.49. The number of carboxylic acids is 1. The minimum absolute atomic E-state index is 0.0810. The van der Waals surface area contributed by atoms with Crippen LogP contribution < -0.4 is 5.32 Å². The number of nitrogens with one attached hydrogen (secondary N) is 1. The van der Waals surface area contributed by atoms with Gasteiger partial charge in [-0.05, 0) is 17.7 Å². The lowest BCUT2D eigenvalue weighted by Gasteiger charge is -2.11. The Labute approximate surface area is 126 Å². The van der Waals surface area contributed by atoms with E-state index in [4.69, 9.17) is 5.11 Å². The van der Waals surface area contributed by atoms with Crippen LogP contribution in [0.3, 0.4) is 0 Å². The Morgan fingerprint density at radius 1 is 1.24 bits per heavy atom. The third-order valence-electron chi connectivity index (χ3n) is 2.64. The second-order valence-corrected chi connectivity index (χ2v) is 5.28. The summed E-state index contributed by atoms with van der Waals surface area (Å²) in [5, 5.41) is 15.5. The van der Waals surface area contributed by atoms with E-state index in [1.807, 2.05) is 36.5 Å². The zero-order valence-corrected chi connectivity index (χ0v) is 12.0. The molecule has 0 aliphatic carbocycles. The van der Waals surface area contributed by atoms with Crippen LogP contribution in [0, 0.1) is 0 Å². The molecule has 2 aromatic rings. The number of thioether (sulfide) groups is 1. The van der Waals surface area contributed by atoms with E-state index in [0.29, 0.717) is 12.2 Å². The molecular weight excluding hydrogens is 290 g/mol. The normalized spacial score (nSPS) is 10.3. The third-order valence-corrected chi connectivity index (χ3v) is 3.56. The van der Waals surface area contributed by atoms with Gasteiger partial charge in [0.25, 0.3) is 0 Å². The molecule has 1 aromatic heterocycles. The molecule has 7 heteroatoms. The molecule has 0 saturated heterocycles. The largest absolute Gasteiger partial charge is 0.481 e. The number of carbonyl (C=O) groups excluding carboxylic acids is 1. The maximum absolute atomic E-state index is 11.8. The Morgan fingerprint density at radius 3 is 2.76 bits per heavy atom. The number of carboxylic acid groups (broad SMARTS) is 1. The van der Waals surface area contributed by atoms with Gasteiger partial charge >= 0.3 is 5.97 Å². The molecule has 0 atom stereocenters. The quantitative estimate of drug-likeness (QED) is 0.813. The molecular formula is C14H15N3O3S. The van der Waals surface area contributed by atoms with Crippen molar-refractivity contribution < 1.29 is 14.7 Å². The highest BCUT2D eigenvalue weighted by atomic mass is 32.2. The van der Waals surface area contributed by atoms with Gasteiger partial charge in [0.15, 0.2) is 0 Å². The zero-order valence-electron chi connectivity index (χ0n) is 11.2. The number of carbonyl (C=O) groups is 2. The summed E-state index contributed by atoms with van der Waals surface area (Å²) in [6, 6.07) is 9.31. The van der Waals surface area contributed by atoms with Crippen molar-refractivity contribution in [2.24, 2.45) is 0 Å². The first-order valence-electron chi connectivity index (χ1n) is 6.30. The molecule has 0 spiro atoms. The number of nitrogens with zero attached hydrogens (tertiary/aromatic N) is 2. The fourth-order valence-electron chi connectivity index (χ4n) is 1.77. The van der Waals surface area contributed by atoms with Crippen LogP contribution in [0.2, 0.25) is 0 Å². The number of rotatable bonds is 7. The van der Waals surface area contributed by atoms with Crippen LogP contribution in [0.1, 0.15) is 5.56 Å². The molecule has 0 aliphatic rings. The minimum Gasteiger partial charge on any atom is -0.481 e. The van der Waals surface area contributed by atoms with Gasteiger partial charge in [-0.2, -0.15) is 5.10 Å². The second-order valence-electron chi connectivity index (χ2n) is 4.30. The molecule has 1 aromatic carbocycles. The Morgan fingerprint density at radius 2 is 2.05 bits per heavy atom. The first-order chi connectivity index (χ1) is 10.1. The molecule has 1 heterocycles. The summed E-state index contributed by atoms with van der Waals surface area (Å²) < 4.78 is 1.77. The molecule has 110 valence electrons. The fraction of sp³-hybridized carbons (Fsp3) is 0.214. The molecule has 2 rings (SSSR count). The Kier molecular flexibility index (Phi) is 5.39. The molecule has 2 N–H and O–H groups in total. The Balaban J connectivity index is 1.96. The van der Waals surface area contributed by atoms with Gasteiger partial charge in [0.1, 0.15) is 0 Å². The van der Waals surface area contributed by atoms with E-state index in [2.05, 4.69) is 10.4 Å². The van der Waals surface area contributed by atoms with Crippen LogP contribution in [0.25, 0.3) is 0 Å². The molecule has 0 unspecified atom stereocenters. The molecule has 0 radical (unpaired) electrons. The maximum atomic E-state index is 11.8. The summed E-state index contributed by atoms with van der Waals surface area (Å²) in [6.45, 7) is 0.561. The van der Waals surface area contributed by atoms with E-state index in [0.717, 1.165) is 17.3 Å². The maximum Gasteiger partial charge on any atom is 0.313 e. The van der Waals surface area contributed by atoms with Gasteiger partial charge in [-0.1, -0.05) is 18.2 Å². The van der Waals surface area contributed by atoms with Crippen LogP contribution in [-0.4, -0.2) is 38.3 Å². The zero-order chi connectivity index (χ0) is 15.1. The lowest BCUT2D eigenvalue weighted by molar-refractivity contribution is -0.133. The van der Waals surface area contributed by atoms with Gasteiger partial charge in [0.2, 0.25) is 5.91 Å². The number of hydrogen-bond acceptors (Lipinski definition) is 4. The monoisotopic (exact) mass is 305 g/mol. The standard InChI is InChI=1S/C14H15N3O3S/c18-13(9-21-10-14(19)20)16-12-5-2-1-4-11(12)8-17-7-3-6-15-17/h1-7H,8-10H2,(H,16,18)(H,19,20). The van der Waals surface area contributed by atoms with Crippen molar-refractivity contribution >= 4 is 29.3 Å². The SMILES string of the molecule is O=C(O)CSCC(=O)Nc1ccccc1Cn1cccn1. The van der Waals surface area contributed by atoms with Gasteiger partial charge in [-0.15, -0.1) is 11.8 Å². The van der Waals surface area contributed by atoms with E-state index in [-0.39, 0.29) is 17.4 Å². The summed E-state index contributed by atoms with van der Waals surface area (Å²) in [6.07, 6.45) is 3.55.